The van der Waals surface area contributed by atoms with E-state index in [0.717, 1.165) is 0 Å². The van der Waals surface area contributed by atoms with E-state index < -0.39 is 30.8 Å². The SMILES string of the molecule is CC(C(O)CO)C(O)C(O)CC(C)(C)C. The molecule has 0 radical (unpaired) electrons. The van der Waals surface area contributed by atoms with E-state index in [-0.39, 0.29) is 5.41 Å². The largest absolute Gasteiger partial charge is 0.394 e. The lowest BCUT2D eigenvalue weighted by molar-refractivity contribution is -0.0737. The second-order valence-corrected chi connectivity index (χ2v) is 5.43. The van der Waals surface area contributed by atoms with Gasteiger partial charge in [0.1, 0.15) is 0 Å². The summed E-state index contributed by atoms with van der Waals surface area (Å²) in [6, 6.07) is 0. The average molecular weight is 220 g/mol. The van der Waals surface area contributed by atoms with E-state index >= 15 is 0 Å². The molecule has 0 saturated heterocycles. The minimum absolute atomic E-state index is 0.0791. The van der Waals surface area contributed by atoms with Crippen LogP contribution in [0.1, 0.15) is 34.1 Å². The molecule has 92 valence electrons. The molecule has 4 heteroatoms. The molecule has 0 heterocycles. The topological polar surface area (TPSA) is 80.9 Å². The molecule has 0 aliphatic rings. The third kappa shape index (κ3) is 5.47. The number of aliphatic hydroxyl groups is 4. The summed E-state index contributed by atoms with van der Waals surface area (Å²) in [6.07, 6.45) is -2.42. The Bertz CT molecular complexity index is 176. The Labute approximate surface area is 91.6 Å². The van der Waals surface area contributed by atoms with Gasteiger partial charge in [-0.05, 0) is 11.8 Å². The predicted octanol–water partition coefficient (Wildman–Crippen LogP) is 0.134. The average Bonchev–Trinajstić information content (AvgIpc) is 2.11. The zero-order chi connectivity index (χ0) is 12.2. The third-order valence-electron chi connectivity index (χ3n) is 2.55. The molecule has 0 amide bonds. The molecule has 0 aliphatic heterocycles. The lowest BCUT2D eigenvalue weighted by atomic mass is 9.84. The van der Waals surface area contributed by atoms with E-state index in [1.807, 2.05) is 20.8 Å². The van der Waals surface area contributed by atoms with Crippen LogP contribution in [-0.2, 0) is 0 Å². The molecular formula is C11H24O4. The summed E-state index contributed by atoms with van der Waals surface area (Å²) < 4.78 is 0. The zero-order valence-corrected chi connectivity index (χ0v) is 10.0. The maximum Gasteiger partial charge on any atom is 0.0850 e. The zero-order valence-electron chi connectivity index (χ0n) is 10.0. The fraction of sp³-hybridized carbons (Fsp3) is 1.00. The molecular weight excluding hydrogens is 196 g/mol. The monoisotopic (exact) mass is 220 g/mol. The first-order chi connectivity index (χ1) is 6.69. The summed E-state index contributed by atoms with van der Waals surface area (Å²) >= 11 is 0. The lowest BCUT2D eigenvalue weighted by Crippen LogP contribution is -2.41. The first-order valence-corrected chi connectivity index (χ1v) is 5.34. The summed E-state index contributed by atoms with van der Waals surface area (Å²) in [5.74, 6) is -0.535. The van der Waals surface area contributed by atoms with Crippen molar-refractivity contribution in [3.8, 4) is 0 Å². The van der Waals surface area contributed by atoms with Gasteiger partial charge in [0, 0.05) is 5.92 Å². The number of hydrogen-bond donors (Lipinski definition) is 4. The minimum Gasteiger partial charge on any atom is -0.394 e. The van der Waals surface area contributed by atoms with Gasteiger partial charge >= 0.3 is 0 Å². The van der Waals surface area contributed by atoms with Crippen LogP contribution in [0.15, 0.2) is 0 Å². The van der Waals surface area contributed by atoms with E-state index in [1.54, 1.807) is 6.92 Å². The van der Waals surface area contributed by atoms with Gasteiger partial charge in [-0.1, -0.05) is 27.7 Å². The number of rotatable bonds is 5. The van der Waals surface area contributed by atoms with Crippen LogP contribution in [0.4, 0.5) is 0 Å². The maximum absolute atomic E-state index is 9.73. The van der Waals surface area contributed by atoms with Gasteiger partial charge in [-0.3, -0.25) is 0 Å². The Morgan fingerprint density at radius 3 is 1.80 bits per heavy atom. The second-order valence-electron chi connectivity index (χ2n) is 5.43. The highest BCUT2D eigenvalue weighted by molar-refractivity contribution is 4.81. The van der Waals surface area contributed by atoms with Crippen LogP contribution >= 0.6 is 0 Å². The van der Waals surface area contributed by atoms with Crippen molar-refractivity contribution in [3.63, 3.8) is 0 Å². The smallest absolute Gasteiger partial charge is 0.0850 e. The highest BCUT2D eigenvalue weighted by Gasteiger charge is 2.30. The fourth-order valence-corrected chi connectivity index (χ4v) is 1.49. The normalized spacial score (nSPS) is 20.8. The Morgan fingerprint density at radius 2 is 1.47 bits per heavy atom. The van der Waals surface area contributed by atoms with Gasteiger partial charge in [0.05, 0.1) is 24.9 Å². The van der Waals surface area contributed by atoms with Crippen molar-refractivity contribution in [1.82, 2.24) is 0 Å². The van der Waals surface area contributed by atoms with Crippen LogP contribution in [0.25, 0.3) is 0 Å². The molecule has 0 fully saturated rings. The van der Waals surface area contributed by atoms with Crippen LogP contribution in [-0.4, -0.2) is 45.3 Å². The van der Waals surface area contributed by atoms with Crippen molar-refractivity contribution in [2.75, 3.05) is 6.61 Å². The fourth-order valence-electron chi connectivity index (χ4n) is 1.49. The van der Waals surface area contributed by atoms with E-state index in [9.17, 15) is 15.3 Å². The van der Waals surface area contributed by atoms with Gasteiger partial charge in [0.25, 0.3) is 0 Å². The van der Waals surface area contributed by atoms with Crippen LogP contribution in [0, 0.1) is 11.3 Å². The van der Waals surface area contributed by atoms with Gasteiger partial charge in [0.2, 0.25) is 0 Å². The molecule has 0 bridgehead atoms. The molecule has 4 unspecified atom stereocenters. The molecule has 0 aliphatic carbocycles. The van der Waals surface area contributed by atoms with Gasteiger partial charge in [-0.25, -0.2) is 0 Å². The third-order valence-corrected chi connectivity index (χ3v) is 2.55. The molecule has 4 N–H and O–H groups in total. The standard InChI is InChI=1S/C11H24O4/c1-7(9(14)6-12)10(15)8(13)5-11(2,3)4/h7-10,12-15H,5-6H2,1-4H3. The van der Waals surface area contributed by atoms with Gasteiger partial charge in [0.15, 0.2) is 0 Å². The summed E-state index contributed by atoms with van der Waals surface area (Å²) in [7, 11) is 0. The first kappa shape index (κ1) is 14.8. The molecule has 15 heavy (non-hydrogen) atoms. The molecule has 0 spiro atoms. The van der Waals surface area contributed by atoms with Crippen molar-refractivity contribution in [3.05, 3.63) is 0 Å². The van der Waals surface area contributed by atoms with E-state index in [4.69, 9.17) is 5.11 Å². The van der Waals surface area contributed by atoms with E-state index in [2.05, 4.69) is 0 Å². The predicted molar refractivity (Wildman–Crippen MR) is 58.3 cm³/mol. The lowest BCUT2D eigenvalue weighted by Gasteiger charge is -2.30. The summed E-state index contributed by atoms with van der Waals surface area (Å²) in [6.45, 7) is 7.11. The highest BCUT2D eigenvalue weighted by Crippen LogP contribution is 2.25. The maximum atomic E-state index is 9.73. The first-order valence-electron chi connectivity index (χ1n) is 5.34. The van der Waals surface area contributed by atoms with Crippen molar-refractivity contribution in [1.29, 1.82) is 0 Å². The van der Waals surface area contributed by atoms with Gasteiger partial charge < -0.3 is 20.4 Å². The molecule has 0 saturated carbocycles. The Hall–Kier alpha value is -0.160. The van der Waals surface area contributed by atoms with Crippen LogP contribution < -0.4 is 0 Å². The summed E-state index contributed by atoms with van der Waals surface area (Å²) in [5.41, 5.74) is -0.0791. The number of hydrogen-bond acceptors (Lipinski definition) is 4. The molecule has 0 aromatic rings. The highest BCUT2D eigenvalue weighted by atomic mass is 16.3. The summed E-state index contributed by atoms with van der Waals surface area (Å²) in [5, 5.41) is 37.5. The van der Waals surface area contributed by atoms with Gasteiger partial charge in [-0.2, -0.15) is 0 Å². The molecule has 0 aromatic carbocycles. The Kier molecular flexibility index (Phi) is 5.73. The number of aliphatic hydroxyl groups excluding tert-OH is 4. The van der Waals surface area contributed by atoms with Gasteiger partial charge in [-0.15, -0.1) is 0 Å². The van der Waals surface area contributed by atoms with E-state index in [1.165, 1.54) is 0 Å². The minimum atomic E-state index is -1.01. The molecule has 4 atom stereocenters. The van der Waals surface area contributed by atoms with Crippen LogP contribution in [0.2, 0.25) is 0 Å². The van der Waals surface area contributed by atoms with Crippen LogP contribution in [0.5, 0.6) is 0 Å². The summed E-state index contributed by atoms with van der Waals surface area (Å²) in [4.78, 5) is 0. The molecule has 0 rings (SSSR count). The molecule has 4 nitrogen and oxygen atoms in total. The van der Waals surface area contributed by atoms with Crippen molar-refractivity contribution >= 4 is 0 Å². The van der Waals surface area contributed by atoms with Crippen molar-refractivity contribution in [2.45, 2.75) is 52.4 Å². The second kappa shape index (κ2) is 5.80. The van der Waals surface area contributed by atoms with E-state index in [0.29, 0.717) is 6.42 Å². The Morgan fingerprint density at radius 1 is 1.00 bits per heavy atom. The Balaban J connectivity index is 4.25. The van der Waals surface area contributed by atoms with Crippen LogP contribution in [0.3, 0.4) is 0 Å². The molecule has 0 aromatic heterocycles. The van der Waals surface area contributed by atoms with Crippen molar-refractivity contribution < 1.29 is 20.4 Å². The van der Waals surface area contributed by atoms with Crippen molar-refractivity contribution in [2.24, 2.45) is 11.3 Å². The quantitative estimate of drug-likeness (QED) is 0.531.